The van der Waals surface area contributed by atoms with Crippen LogP contribution in [0.15, 0.2) is 54.7 Å². The highest BCUT2D eigenvalue weighted by Crippen LogP contribution is 2.17. The van der Waals surface area contributed by atoms with E-state index in [1.165, 1.54) is 5.39 Å². The van der Waals surface area contributed by atoms with E-state index in [1.807, 2.05) is 41.2 Å². The Balaban J connectivity index is 1.68. The number of aromatic nitrogens is 2. The van der Waals surface area contributed by atoms with Crippen LogP contribution in [0.5, 0.6) is 5.75 Å². The number of rotatable bonds is 4. The Morgan fingerprint density at radius 2 is 1.84 bits per heavy atom. The van der Waals surface area contributed by atoms with E-state index in [0.717, 1.165) is 23.4 Å². The van der Waals surface area contributed by atoms with Crippen LogP contribution in [0.1, 0.15) is 5.56 Å². The standard InChI is InChI=1S/C16H16N2O/c1-13-6-2-5-9-16(13)19-11-10-18-15-8-4-3-7-14(15)12-17-18/h2-9,12H,10-11H2,1H3. The Morgan fingerprint density at radius 3 is 2.74 bits per heavy atom. The minimum atomic E-state index is 0.622. The maximum absolute atomic E-state index is 5.80. The van der Waals surface area contributed by atoms with E-state index >= 15 is 0 Å². The van der Waals surface area contributed by atoms with Crippen molar-refractivity contribution in [2.45, 2.75) is 13.5 Å². The average Bonchev–Trinajstić information content (AvgIpc) is 2.85. The first-order valence-corrected chi connectivity index (χ1v) is 6.43. The predicted octanol–water partition coefficient (Wildman–Crippen LogP) is 3.42. The van der Waals surface area contributed by atoms with Crippen LogP contribution < -0.4 is 4.74 Å². The normalized spacial score (nSPS) is 10.8. The number of aryl methyl sites for hydroxylation is 1. The summed E-state index contributed by atoms with van der Waals surface area (Å²) in [5, 5.41) is 5.55. The molecule has 0 aliphatic carbocycles. The van der Waals surface area contributed by atoms with E-state index in [-0.39, 0.29) is 0 Å². The molecule has 0 amide bonds. The quantitative estimate of drug-likeness (QED) is 0.711. The number of ether oxygens (including phenoxy) is 1. The van der Waals surface area contributed by atoms with Crippen LogP contribution in [-0.4, -0.2) is 16.4 Å². The molecule has 3 heteroatoms. The Morgan fingerprint density at radius 1 is 1.05 bits per heavy atom. The van der Waals surface area contributed by atoms with Gasteiger partial charge in [-0.15, -0.1) is 0 Å². The summed E-state index contributed by atoms with van der Waals surface area (Å²) in [6.07, 6.45) is 1.89. The van der Waals surface area contributed by atoms with Crippen molar-refractivity contribution in [3.63, 3.8) is 0 Å². The fourth-order valence-corrected chi connectivity index (χ4v) is 2.16. The Kier molecular flexibility index (Phi) is 3.19. The third-order valence-electron chi connectivity index (χ3n) is 3.21. The van der Waals surface area contributed by atoms with Crippen molar-refractivity contribution in [1.29, 1.82) is 0 Å². The summed E-state index contributed by atoms with van der Waals surface area (Å²) in [4.78, 5) is 0. The minimum absolute atomic E-state index is 0.622. The lowest BCUT2D eigenvalue weighted by atomic mass is 10.2. The monoisotopic (exact) mass is 252 g/mol. The van der Waals surface area contributed by atoms with Gasteiger partial charge >= 0.3 is 0 Å². The summed E-state index contributed by atoms with van der Waals surface area (Å²) >= 11 is 0. The second-order valence-corrected chi connectivity index (χ2v) is 4.54. The summed E-state index contributed by atoms with van der Waals surface area (Å²) in [5.74, 6) is 0.943. The van der Waals surface area contributed by atoms with Crippen LogP contribution in [0.3, 0.4) is 0 Å². The molecule has 2 aromatic carbocycles. The number of hydrogen-bond donors (Lipinski definition) is 0. The Bertz CT molecular complexity index is 688. The fourth-order valence-electron chi connectivity index (χ4n) is 2.16. The lowest BCUT2D eigenvalue weighted by Crippen LogP contribution is -2.09. The van der Waals surface area contributed by atoms with Gasteiger partial charge in [-0.3, -0.25) is 4.68 Å². The molecule has 0 atom stereocenters. The van der Waals surface area contributed by atoms with E-state index in [1.54, 1.807) is 0 Å². The molecule has 0 N–H and O–H groups in total. The molecule has 0 aliphatic heterocycles. The van der Waals surface area contributed by atoms with Crippen LogP contribution in [0.4, 0.5) is 0 Å². The molecule has 0 unspecified atom stereocenters. The van der Waals surface area contributed by atoms with Crippen LogP contribution in [-0.2, 0) is 6.54 Å². The van der Waals surface area contributed by atoms with Crippen molar-refractivity contribution in [3.05, 3.63) is 60.3 Å². The molecule has 0 radical (unpaired) electrons. The third kappa shape index (κ3) is 2.45. The van der Waals surface area contributed by atoms with Crippen molar-refractivity contribution in [2.75, 3.05) is 6.61 Å². The first kappa shape index (κ1) is 11.8. The molecule has 3 nitrogen and oxygen atoms in total. The molecule has 1 heterocycles. The van der Waals surface area contributed by atoms with Crippen LogP contribution in [0.25, 0.3) is 10.9 Å². The van der Waals surface area contributed by atoms with Gasteiger partial charge in [0.05, 0.1) is 18.3 Å². The van der Waals surface area contributed by atoms with Crippen molar-refractivity contribution >= 4 is 10.9 Å². The fraction of sp³-hybridized carbons (Fsp3) is 0.188. The van der Waals surface area contributed by atoms with Gasteiger partial charge in [-0.25, -0.2) is 0 Å². The zero-order valence-electron chi connectivity index (χ0n) is 10.9. The highest BCUT2D eigenvalue weighted by Gasteiger charge is 2.02. The Hall–Kier alpha value is -2.29. The van der Waals surface area contributed by atoms with E-state index in [4.69, 9.17) is 4.74 Å². The first-order chi connectivity index (χ1) is 9.34. The maximum Gasteiger partial charge on any atom is 0.122 e. The topological polar surface area (TPSA) is 27.1 Å². The average molecular weight is 252 g/mol. The molecule has 0 aliphatic rings. The number of benzene rings is 2. The highest BCUT2D eigenvalue weighted by molar-refractivity contribution is 5.78. The summed E-state index contributed by atoms with van der Waals surface area (Å²) in [5.41, 5.74) is 2.31. The van der Waals surface area contributed by atoms with E-state index in [0.29, 0.717) is 6.61 Å². The van der Waals surface area contributed by atoms with Crippen molar-refractivity contribution in [3.8, 4) is 5.75 Å². The molecule has 3 rings (SSSR count). The number of fused-ring (bicyclic) bond motifs is 1. The van der Waals surface area contributed by atoms with Crippen molar-refractivity contribution < 1.29 is 4.74 Å². The lowest BCUT2D eigenvalue weighted by Gasteiger charge is -2.09. The smallest absolute Gasteiger partial charge is 0.122 e. The van der Waals surface area contributed by atoms with Gasteiger partial charge in [-0.05, 0) is 24.6 Å². The predicted molar refractivity (Wildman–Crippen MR) is 76.4 cm³/mol. The largest absolute Gasteiger partial charge is 0.491 e. The molecule has 3 aromatic rings. The third-order valence-corrected chi connectivity index (χ3v) is 3.21. The number of hydrogen-bond acceptors (Lipinski definition) is 2. The molecule has 0 saturated heterocycles. The van der Waals surface area contributed by atoms with Crippen LogP contribution >= 0.6 is 0 Å². The molecular formula is C16H16N2O. The summed E-state index contributed by atoms with van der Waals surface area (Å²) < 4.78 is 7.78. The summed E-state index contributed by atoms with van der Waals surface area (Å²) in [6, 6.07) is 16.3. The van der Waals surface area contributed by atoms with Crippen molar-refractivity contribution in [2.24, 2.45) is 0 Å². The van der Waals surface area contributed by atoms with Crippen molar-refractivity contribution in [1.82, 2.24) is 9.78 Å². The van der Waals surface area contributed by atoms with Gasteiger partial charge in [0.2, 0.25) is 0 Å². The molecule has 19 heavy (non-hydrogen) atoms. The number of nitrogens with zero attached hydrogens (tertiary/aromatic N) is 2. The molecule has 0 bridgehead atoms. The van der Waals surface area contributed by atoms with Gasteiger partial charge in [-0.1, -0.05) is 36.4 Å². The molecule has 0 fully saturated rings. The van der Waals surface area contributed by atoms with Gasteiger partial charge in [0.25, 0.3) is 0 Å². The van der Waals surface area contributed by atoms with Gasteiger partial charge in [0, 0.05) is 5.39 Å². The first-order valence-electron chi connectivity index (χ1n) is 6.43. The van der Waals surface area contributed by atoms with E-state index in [9.17, 15) is 0 Å². The molecule has 1 aromatic heterocycles. The minimum Gasteiger partial charge on any atom is -0.491 e. The maximum atomic E-state index is 5.80. The van der Waals surface area contributed by atoms with Gasteiger partial charge in [0.1, 0.15) is 12.4 Å². The summed E-state index contributed by atoms with van der Waals surface area (Å²) in [7, 11) is 0. The second-order valence-electron chi connectivity index (χ2n) is 4.54. The highest BCUT2D eigenvalue weighted by atomic mass is 16.5. The lowest BCUT2D eigenvalue weighted by molar-refractivity contribution is 0.292. The SMILES string of the molecule is Cc1ccccc1OCCn1ncc2ccccc21. The number of para-hydroxylation sites is 2. The molecule has 96 valence electrons. The summed E-state index contributed by atoms with van der Waals surface area (Å²) in [6.45, 7) is 3.43. The second kappa shape index (κ2) is 5.14. The van der Waals surface area contributed by atoms with Crippen LogP contribution in [0, 0.1) is 6.92 Å². The Labute approximate surface area is 112 Å². The van der Waals surface area contributed by atoms with Gasteiger partial charge in [-0.2, -0.15) is 5.10 Å². The molecular weight excluding hydrogens is 236 g/mol. The zero-order chi connectivity index (χ0) is 13.1. The molecule has 0 saturated carbocycles. The van der Waals surface area contributed by atoms with Gasteiger partial charge < -0.3 is 4.74 Å². The van der Waals surface area contributed by atoms with E-state index < -0.39 is 0 Å². The van der Waals surface area contributed by atoms with Crippen LogP contribution in [0.2, 0.25) is 0 Å². The van der Waals surface area contributed by atoms with Gasteiger partial charge in [0.15, 0.2) is 0 Å². The zero-order valence-corrected chi connectivity index (χ0v) is 10.9. The molecule has 0 spiro atoms. The van der Waals surface area contributed by atoms with E-state index in [2.05, 4.69) is 30.2 Å².